The van der Waals surface area contributed by atoms with Crippen LogP contribution in [-0.4, -0.2) is 39.9 Å². The quantitative estimate of drug-likeness (QED) is 0.492. The molecule has 2 rings (SSSR count). The first-order chi connectivity index (χ1) is 10.2. The Hall–Kier alpha value is -2.64. The molecule has 3 N–H and O–H groups in total. The third-order valence-corrected chi connectivity index (χ3v) is 3.95. The molecule has 0 radical (unpaired) electrons. The summed E-state index contributed by atoms with van der Waals surface area (Å²) < 4.78 is 0. The van der Waals surface area contributed by atoms with Gasteiger partial charge in [0.05, 0.1) is 16.4 Å². The molecular weight excluding hydrogens is 290 g/mol. The lowest BCUT2D eigenvalue weighted by Gasteiger charge is -2.17. The molecule has 2 atom stereocenters. The second-order valence-corrected chi connectivity index (χ2v) is 5.63. The van der Waals surface area contributed by atoms with E-state index in [-0.39, 0.29) is 35.9 Å². The predicted molar refractivity (Wildman–Crippen MR) is 78.4 cm³/mol. The number of rotatable bonds is 3. The van der Waals surface area contributed by atoms with Gasteiger partial charge in [-0.3, -0.25) is 19.7 Å². The van der Waals surface area contributed by atoms with Gasteiger partial charge in [-0.15, -0.1) is 0 Å². The lowest BCUT2D eigenvalue weighted by Crippen LogP contribution is -2.30. The number of aryl methyl sites for hydroxylation is 1. The number of nitrogens with two attached hydrogens (primary N) is 1. The van der Waals surface area contributed by atoms with Crippen LogP contribution in [0.2, 0.25) is 0 Å². The largest absolute Gasteiger partial charge is 0.481 e. The van der Waals surface area contributed by atoms with Gasteiger partial charge < -0.3 is 15.7 Å². The minimum Gasteiger partial charge on any atom is -0.481 e. The molecule has 1 aliphatic heterocycles. The smallest absolute Gasteiger partial charge is 0.308 e. The summed E-state index contributed by atoms with van der Waals surface area (Å²) in [6, 6.07) is 2.79. The number of carboxylic acid groups (broad SMARTS) is 1. The van der Waals surface area contributed by atoms with Crippen LogP contribution in [-0.2, 0) is 4.79 Å². The number of benzene rings is 1. The fourth-order valence-corrected chi connectivity index (χ4v) is 2.73. The summed E-state index contributed by atoms with van der Waals surface area (Å²) in [7, 11) is 0. The zero-order valence-corrected chi connectivity index (χ0v) is 12.3. The average Bonchev–Trinajstić information content (AvgIpc) is 2.82. The highest BCUT2D eigenvalue weighted by Gasteiger charge is 2.38. The number of amides is 1. The topological polar surface area (TPSA) is 127 Å². The van der Waals surface area contributed by atoms with E-state index in [1.807, 2.05) is 0 Å². The summed E-state index contributed by atoms with van der Waals surface area (Å²) in [4.78, 5) is 35.4. The third kappa shape index (κ3) is 2.72. The molecule has 8 heteroatoms. The van der Waals surface area contributed by atoms with Crippen molar-refractivity contribution < 1.29 is 19.6 Å². The molecule has 0 saturated carbocycles. The molecule has 1 heterocycles. The van der Waals surface area contributed by atoms with Crippen LogP contribution in [0.15, 0.2) is 12.1 Å². The highest BCUT2D eigenvalue weighted by atomic mass is 16.6. The van der Waals surface area contributed by atoms with Gasteiger partial charge in [0.25, 0.3) is 11.6 Å². The van der Waals surface area contributed by atoms with Gasteiger partial charge in [0.15, 0.2) is 0 Å². The number of nitro benzene ring substituents is 1. The highest BCUT2D eigenvalue weighted by molar-refractivity contribution is 6.01. The number of likely N-dealkylation sites (tertiary alicyclic amines) is 1. The zero-order valence-electron chi connectivity index (χ0n) is 12.3. The Morgan fingerprint density at radius 1 is 1.41 bits per heavy atom. The van der Waals surface area contributed by atoms with E-state index in [2.05, 4.69) is 0 Å². The number of carbonyl (C=O) groups is 2. The first-order valence-electron chi connectivity index (χ1n) is 6.79. The summed E-state index contributed by atoms with van der Waals surface area (Å²) in [5.74, 6) is -2.24. The van der Waals surface area contributed by atoms with E-state index in [1.165, 1.54) is 17.0 Å². The normalized spacial score (nSPS) is 20.9. The van der Waals surface area contributed by atoms with Crippen LogP contribution in [0.3, 0.4) is 0 Å². The molecule has 1 amide bonds. The molecule has 1 aliphatic rings. The zero-order chi connectivity index (χ0) is 16.6. The van der Waals surface area contributed by atoms with Gasteiger partial charge in [-0.05, 0) is 24.5 Å². The Bertz CT molecular complexity index is 658. The average molecular weight is 307 g/mol. The van der Waals surface area contributed by atoms with E-state index in [1.54, 1.807) is 13.8 Å². The minimum absolute atomic E-state index is 0.0462. The number of carbonyl (C=O) groups excluding carboxylic acids is 1. The maximum Gasteiger partial charge on any atom is 0.308 e. The van der Waals surface area contributed by atoms with Crippen LogP contribution in [0.5, 0.6) is 0 Å². The first kappa shape index (κ1) is 15.7. The molecule has 1 aromatic carbocycles. The molecule has 0 aromatic heterocycles. The van der Waals surface area contributed by atoms with Crippen LogP contribution < -0.4 is 5.73 Å². The Labute approximate surface area is 126 Å². The number of anilines is 1. The monoisotopic (exact) mass is 307 g/mol. The van der Waals surface area contributed by atoms with E-state index in [0.29, 0.717) is 5.56 Å². The number of hydrogen-bond acceptors (Lipinski definition) is 5. The molecule has 0 unspecified atom stereocenters. The molecule has 118 valence electrons. The molecule has 1 saturated heterocycles. The van der Waals surface area contributed by atoms with Crippen LogP contribution in [0.25, 0.3) is 0 Å². The lowest BCUT2D eigenvalue weighted by atomic mass is 9.99. The summed E-state index contributed by atoms with van der Waals surface area (Å²) in [5.41, 5.74) is 5.84. The van der Waals surface area contributed by atoms with Crippen molar-refractivity contribution in [3.05, 3.63) is 33.4 Å². The van der Waals surface area contributed by atoms with Crippen molar-refractivity contribution in [1.82, 2.24) is 4.90 Å². The standard InChI is InChI=1S/C14H17N3O5/c1-7-3-9(12(15)11(4-7)17(21)22)13(18)16-5-8(2)10(6-16)14(19)20/h3-4,8,10H,5-6,15H2,1-2H3,(H,19,20)/t8-,10-/m1/s1. The number of aliphatic carboxylic acids is 1. The molecular formula is C14H17N3O5. The number of nitro groups is 1. The van der Waals surface area contributed by atoms with Crippen molar-refractivity contribution >= 4 is 23.3 Å². The van der Waals surface area contributed by atoms with Gasteiger partial charge in [0.1, 0.15) is 5.69 Å². The van der Waals surface area contributed by atoms with Crippen molar-refractivity contribution in [3.8, 4) is 0 Å². The van der Waals surface area contributed by atoms with Gasteiger partial charge >= 0.3 is 5.97 Å². The summed E-state index contributed by atoms with van der Waals surface area (Å²) in [6.45, 7) is 3.76. The van der Waals surface area contributed by atoms with Crippen LogP contribution in [0.4, 0.5) is 11.4 Å². The van der Waals surface area contributed by atoms with Crippen molar-refractivity contribution in [1.29, 1.82) is 0 Å². The molecule has 1 aromatic rings. The number of nitrogen functional groups attached to an aromatic ring is 1. The second kappa shape index (κ2) is 5.63. The minimum atomic E-state index is -0.953. The molecule has 1 fully saturated rings. The summed E-state index contributed by atoms with van der Waals surface area (Å²) in [6.07, 6.45) is 0. The Balaban J connectivity index is 2.35. The fraction of sp³-hybridized carbons (Fsp3) is 0.429. The Morgan fingerprint density at radius 2 is 2.05 bits per heavy atom. The maximum absolute atomic E-state index is 12.5. The molecule has 0 aliphatic carbocycles. The van der Waals surface area contributed by atoms with Gasteiger partial charge in [0, 0.05) is 19.2 Å². The van der Waals surface area contributed by atoms with Crippen molar-refractivity contribution in [2.24, 2.45) is 11.8 Å². The maximum atomic E-state index is 12.5. The lowest BCUT2D eigenvalue weighted by molar-refractivity contribution is -0.384. The second-order valence-electron chi connectivity index (χ2n) is 5.63. The Kier molecular flexibility index (Phi) is 4.03. The number of nitrogens with zero attached hydrogens (tertiary/aromatic N) is 2. The van der Waals surface area contributed by atoms with Gasteiger partial charge in [-0.25, -0.2) is 0 Å². The van der Waals surface area contributed by atoms with E-state index in [9.17, 15) is 19.7 Å². The van der Waals surface area contributed by atoms with E-state index in [0.717, 1.165) is 0 Å². The van der Waals surface area contributed by atoms with Crippen LogP contribution in [0.1, 0.15) is 22.8 Å². The summed E-state index contributed by atoms with van der Waals surface area (Å²) in [5, 5.41) is 20.1. The van der Waals surface area contributed by atoms with E-state index < -0.39 is 22.7 Å². The van der Waals surface area contributed by atoms with Crippen molar-refractivity contribution in [2.45, 2.75) is 13.8 Å². The Morgan fingerprint density at radius 3 is 2.55 bits per heavy atom. The fourth-order valence-electron chi connectivity index (χ4n) is 2.73. The predicted octanol–water partition coefficient (Wildman–Crippen LogP) is 1.28. The summed E-state index contributed by atoms with van der Waals surface area (Å²) >= 11 is 0. The third-order valence-electron chi connectivity index (χ3n) is 3.95. The van der Waals surface area contributed by atoms with Gasteiger partial charge in [-0.1, -0.05) is 6.92 Å². The first-order valence-corrected chi connectivity index (χ1v) is 6.79. The van der Waals surface area contributed by atoms with Crippen LogP contribution in [0, 0.1) is 28.9 Å². The molecule has 0 spiro atoms. The molecule has 22 heavy (non-hydrogen) atoms. The van der Waals surface area contributed by atoms with E-state index in [4.69, 9.17) is 10.8 Å². The number of hydrogen-bond donors (Lipinski definition) is 2. The van der Waals surface area contributed by atoms with Crippen LogP contribution >= 0.6 is 0 Å². The van der Waals surface area contributed by atoms with Gasteiger partial charge in [-0.2, -0.15) is 0 Å². The molecule has 0 bridgehead atoms. The SMILES string of the molecule is Cc1cc(C(=O)N2C[C@@H](C)[C@H](C(=O)O)C2)c(N)c([N+](=O)[O-])c1. The van der Waals surface area contributed by atoms with E-state index >= 15 is 0 Å². The van der Waals surface area contributed by atoms with Crippen molar-refractivity contribution in [3.63, 3.8) is 0 Å². The van der Waals surface area contributed by atoms with Gasteiger partial charge in [0.2, 0.25) is 0 Å². The van der Waals surface area contributed by atoms with Crippen molar-refractivity contribution in [2.75, 3.05) is 18.8 Å². The number of carboxylic acids is 1. The highest BCUT2D eigenvalue weighted by Crippen LogP contribution is 2.31. The molecule has 8 nitrogen and oxygen atoms in total.